The predicted octanol–water partition coefficient (Wildman–Crippen LogP) is 2.19. The highest BCUT2D eigenvalue weighted by Crippen LogP contribution is 2.16. The number of hydrogen-bond acceptors (Lipinski definition) is 2. The summed E-state index contributed by atoms with van der Waals surface area (Å²) in [6.07, 6.45) is 1.71. The molecule has 11 heavy (non-hydrogen) atoms. The lowest BCUT2D eigenvalue weighted by atomic mass is 10.2. The molecule has 0 aliphatic carbocycles. The Bertz CT molecular complexity index is 381. The molecule has 1 radical (unpaired) electrons. The van der Waals surface area contributed by atoms with Crippen molar-refractivity contribution in [2.45, 2.75) is 5.03 Å². The van der Waals surface area contributed by atoms with Gasteiger partial charge in [0.25, 0.3) is 0 Å². The quantitative estimate of drug-likeness (QED) is 0.592. The highest BCUT2D eigenvalue weighted by atomic mass is 32.1. The van der Waals surface area contributed by atoms with Crippen LogP contribution in [0.2, 0.25) is 0 Å². The number of fused-ring (bicyclic) bond motifs is 1. The van der Waals surface area contributed by atoms with Gasteiger partial charge >= 0.3 is 0 Å². The van der Waals surface area contributed by atoms with Crippen LogP contribution in [0, 0.1) is 0 Å². The minimum absolute atomic E-state index is 0.572. The van der Waals surface area contributed by atoms with E-state index in [2.05, 4.69) is 10.2 Å². The number of benzene rings is 1. The Hall–Kier alpha value is -1.22. The van der Waals surface area contributed by atoms with E-state index in [1.165, 1.54) is 0 Å². The smallest absolute Gasteiger partial charge is 0.156 e. The Morgan fingerprint density at radius 1 is 1.18 bits per heavy atom. The molecule has 53 valence electrons. The van der Waals surface area contributed by atoms with E-state index in [4.69, 9.17) is 12.6 Å². The van der Waals surface area contributed by atoms with Gasteiger partial charge in [0.15, 0.2) is 5.03 Å². The zero-order chi connectivity index (χ0) is 7.68. The molecule has 0 saturated heterocycles. The standard InChI is InChI=1S/C8H5N2S/c11-8-7-4-2-1-3-6(7)5-9-10-8/h1-5H. The average Bonchev–Trinajstić information content (AvgIpc) is 2.06. The van der Waals surface area contributed by atoms with Crippen molar-refractivity contribution < 1.29 is 0 Å². The maximum Gasteiger partial charge on any atom is 0.156 e. The molecule has 0 aliphatic rings. The molecule has 0 amide bonds. The van der Waals surface area contributed by atoms with Crippen molar-refractivity contribution in [3.8, 4) is 0 Å². The van der Waals surface area contributed by atoms with Gasteiger partial charge in [0.2, 0.25) is 0 Å². The Labute approximate surface area is 69.7 Å². The Morgan fingerprint density at radius 2 is 2.00 bits per heavy atom. The van der Waals surface area contributed by atoms with Gasteiger partial charge in [0, 0.05) is 10.8 Å². The van der Waals surface area contributed by atoms with Crippen LogP contribution >= 0.6 is 12.6 Å². The molecule has 1 aromatic heterocycles. The van der Waals surface area contributed by atoms with Crippen LogP contribution in [0.3, 0.4) is 0 Å². The molecule has 1 heterocycles. The summed E-state index contributed by atoms with van der Waals surface area (Å²) in [6.45, 7) is 0. The van der Waals surface area contributed by atoms with Crippen molar-refractivity contribution in [2.24, 2.45) is 0 Å². The zero-order valence-electron chi connectivity index (χ0n) is 5.69. The molecule has 2 nitrogen and oxygen atoms in total. The van der Waals surface area contributed by atoms with E-state index in [1.54, 1.807) is 6.20 Å². The molecule has 0 atom stereocenters. The molecule has 2 aromatic rings. The molecule has 0 unspecified atom stereocenters. The van der Waals surface area contributed by atoms with Gasteiger partial charge < -0.3 is 0 Å². The molecule has 3 heteroatoms. The summed E-state index contributed by atoms with van der Waals surface area (Å²) in [5.74, 6) is 0. The Morgan fingerprint density at radius 3 is 2.82 bits per heavy atom. The molecule has 2 rings (SSSR count). The van der Waals surface area contributed by atoms with Crippen LogP contribution < -0.4 is 0 Å². The summed E-state index contributed by atoms with van der Waals surface area (Å²) in [4.78, 5) is 0. The fourth-order valence-electron chi connectivity index (χ4n) is 1.00. The third kappa shape index (κ3) is 1.03. The van der Waals surface area contributed by atoms with Crippen molar-refractivity contribution in [1.29, 1.82) is 0 Å². The van der Waals surface area contributed by atoms with E-state index < -0.39 is 0 Å². The van der Waals surface area contributed by atoms with Crippen LogP contribution in [-0.4, -0.2) is 10.2 Å². The molecule has 0 N–H and O–H groups in total. The molecular weight excluding hydrogens is 156 g/mol. The number of rotatable bonds is 0. The second-order valence-corrected chi connectivity index (χ2v) is 2.62. The molecule has 0 saturated carbocycles. The molecule has 1 aromatic carbocycles. The second-order valence-electron chi connectivity index (χ2n) is 2.24. The van der Waals surface area contributed by atoms with Crippen LogP contribution in [0.15, 0.2) is 35.5 Å². The van der Waals surface area contributed by atoms with Gasteiger partial charge in [0.05, 0.1) is 6.20 Å². The normalized spacial score (nSPS) is 10.2. The predicted molar refractivity (Wildman–Crippen MR) is 45.4 cm³/mol. The highest BCUT2D eigenvalue weighted by Gasteiger charge is 1.96. The van der Waals surface area contributed by atoms with Gasteiger partial charge in [-0.2, -0.15) is 5.10 Å². The summed E-state index contributed by atoms with van der Waals surface area (Å²) < 4.78 is 0. The lowest BCUT2D eigenvalue weighted by Gasteiger charge is -1.95. The SMILES string of the molecule is [S]c1nncc2ccccc12. The first-order chi connectivity index (χ1) is 5.38. The van der Waals surface area contributed by atoms with Crippen LogP contribution in [0.5, 0.6) is 0 Å². The van der Waals surface area contributed by atoms with Gasteiger partial charge in [0.1, 0.15) is 0 Å². The lowest BCUT2D eigenvalue weighted by Crippen LogP contribution is -1.83. The van der Waals surface area contributed by atoms with Gasteiger partial charge in [-0.3, -0.25) is 0 Å². The fourth-order valence-corrected chi connectivity index (χ4v) is 1.23. The second kappa shape index (κ2) is 2.43. The summed E-state index contributed by atoms with van der Waals surface area (Å²) in [5.41, 5.74) is 0. The van der Waals surface area contributed by atoms with E-state index in [0.29, 0.717) is 5.03 Å². The molecule has 0 fully saturated rings. The first-order valence-electron chi connectivity index (χ1n) is 3.25. The first-order valence-corrected chi connectivity index (χ1v) is 3.66. The monoisotopic (exact) mass is 161 g/mol. The molecule has 0 bridgehead atoms. The van der Waals surface area contributed by atoms with Crippen molar-refractivity contribution in [1.82, 2.24) is 10.2 Å². The fraction of sp³-hybridized carbons (Fsp3) is 0. The first kappa shape index (κ1) is 6.49. The van der Waals surface area contributed by atoms with E-state index >= 15 is 0 Å². The summed E-state index contributed by atoms with van der Waals surface area (Å²) in [7, 11) is 0. The summed E-state index contributed by atoms with van der Waals surface area (Å²) >= 11 is 4.98. The van der Waals surface area contributed by atoms with Crippen LogP contribution in [0.25, 0.3) is 10.8 Å². The third-order valence-electron chi connectivity index (χ3n) is 1.54. The largest absolute Gasteiger partial charge is 0.157 e. The lowest BCUT2D eigenvalue weighted by molar-refractivity contribution is 0.960. The number of hydrogen-bond donors (Lipinski definition) is 0. The Balaban J connectivity index is 2.91. The Kier molecular flexibility index (Phi) is 1.43. The average molecular weight is 161 g/mol. The van der Waals surface area contributed by atoms with Gasteiger partial charge in [-0.25, -0.2) is 0 Å². The van der Waals surface area contributed by atoms with Crippen LogP contribution in [0.4, 0.5) is 0 Å². The van der Waals surface area contributed by atoms with Crippen LogP contribution in [0.1, 0.15) is 0 Å². The topological polar surface area (TPSA) is 25.8 Å². The van der Waals surface area contributed by atoms with E-state index in [0.717, 1.165) is 10.8 Å². The highest BCUT2D eigenvalue weighted by molar-refractivity contribution is 7.80. The minimum atomic E-state index is 0.572. The molecule has 0 spiro atoms. The maximum absolute atomic E-state index is 4.98. The van der Waals surface area contributed by atoms with Gasteiger partial charge in [-0.05, 0) is 0 Å². The van der Waals surface area contributed by atoms with E-state index in [9.17, 15) is 0 Å². The number of nitrogens with zero attached hydrogens (tertiary/aromatic N) is 2. The molecular formula is C8H5N2S. The van der Waals surface area contributed by atoms with Gasteiger partial charge in [-0.1, -0.05) is 36.9 Å². The van der Waals surface area contributed by atoms with E-state index in [1.807, 2.05) is 24.3 Å². The summed E-state index contributed by atoms with van der Waals surface area (Å²) in [6, 6.07) is 7.82. The van der Waals surface area contributed by atoms with Crippen LogP contribution in [-0.2, 0) is 0 Å². The summed E-state index contributed by atoms with van der Waals surface area (Å²) in [5, 5.41) is 10.1. The van der Waals surface area contributed by atoms with Crippen molar-refractivity contribution >= 4 is 23.4 Å². The van der Waals surface area contributed by atoms with Crippen molar-refractivity contribution in [3.63, 3.8) is 0 Å². The third-order valence-corrected chi connectivity index (χ3v) is 1.84. The van der Waals surface area contributed by atoms with Crippen molar-refractivity contribution in [3.05, 3.63) is 30.5 Å². The molecule has 0 aliphatic heterocycles. The zero-order valence-corrected chi connectivity index (χ0v) is 6.51. The number of aromatic nitrogens is 2. The maximum atomic E-state index is 4.98. The van der Waals surface area contributed by atoms with Gasteiger partial charge in [-0.15, -0.1) is 5.10 Å². The van der Waals surface area contributed by atoms with E-state index in [-0.39, 0.29) is 0 Å². The minimum Gasteiger partial charge on any atom is -0.157 e. The van der Waals surface area contributed by atoms with Crippen molar-refractivity contribution in [2.75, 3.05) is 0 Å².